The maximum absolute atomic E-state index is 12.5. The summed E-state index contributed by atoms with van der Waals surface area (Å²) in [6.07, 6.45) is 1.08. The summed E-state index contributed by atoms with van der Waals surface area (Å²) in [5.41, 5.74) is 2.35. The zero-order chi connectivity index (χ0) is 21.9. The minimum Gasteiger partial charge on any atom is -0.299 e. The normalized spacial score (nSPS) is 11.9. The van der Waals surface area contributed by atoms with Gasteiger partial charge in [0.2, 0.25) is 21.1 Å². The molecule has 0 unspecified atom stereocenters. The smallest absolute Gasteiger partial charge is 0.246 e. The Hall–Kier alpha value is -2.78. The number of anilines is 2. The van der Waals surface area contributed by atoms with Gasteiger partial charge in [-0.25, -0.2) is 8.42 Å². The number of nitrogens with zero attached hydrogens (tertiary/aromatic N) is 3. The highest BCUT2D eigenvalue weighted by Crippen LogP contribution is 2.27. The highest BCUT2D eigenvalue weighted by atomic mass is 32.2. The third kappa shape index (κ3) is 5.43. The van der Waals surface area contributed by atoms with Crippen molar-refractivity contribution in [2.45, 2.75) is 26.2 Å². The zero-order valence-corrected chi connectivity index (χ0v) is 18.9. The highest BCUT2D eigenvalue weighted by Gasteiger charge is 2.22. The molecule has 0 saturated heterocycles. The second kappa shape index (κ2) is 8.53. The Morgan fingerprint density at radius 3 is 2.23 bits per heavy atom. The molecule has 3 aromatic rings. The van der Waals surface area contributed by atoms with E-state index in [1.807, 2.05) is 42.5 Å². The summed E-state index contributed by atoms with van der Waals surface area (Å²) in [7, 11) is -3.65. The number of nitrogens with one attached hydrogen (secondary N) is 1. The van der Waals surface area contributed by atoms with Crippen LogP contribution in [0.5, 0.6) is 0 Å². The van der Waals surface area contributed by atoms with E-state index >= 15 is 0 Å². The largest absolute Gasteiger partial charge is 0.299 e. The van der Waals surface area contributed by atoms with Crippen LogP contribution < -0.4 is 9.62 Å². The number of carbonyl (C=O) groups excluding carboxylic acids is 1. The van der Waals surface area contributed by atoms with Crippen LogP contribution >= 0.6 is 11.3 Å². The van der Waals surface area contributed by atoms with Gasteiger partial charge in [-0.1, -0.05) is 74.6 Å². The second-order valence-electron chi connectivity index (χ2n) is 7.89. The molecule has 30 heavy (non-hydrogen) atoms. The first-order chi connectivity index (χ1) is 14.0. The van der Waals surface area contributed by atoms with Gasteiger partial charge in [0.1, 0.15) is 11.6 Å². The highest BCUT2D eigenvalue weighted by molar-refractivity contribution is 7.92. The number of hydrogen-bond acceptors (Lipinski definition) is 6. The number of hydrogen-bond donors (Lipinski definition) is 1. The van der Waals surface area contributed by atoms with E-state index in [9.17, 15) is 13.2 Å². The fourth-order valence-corrected chi connectivity index (χ4v) is 4.41. The maximum Gasteiger partial charge on any atom is 0.246 e. The van der Waals surface area contributed by atoms with Crippen molar-refractivity contribution in [1.82, 2.24) is 10.2 Å². The minimum atomic E-state index is -3.65. The summed E-state index contributed by atoms with van der Waals surface area (Å²) in [5, 5.41) is 11.7. The predicted octanol–water partition coefficient (Wildman–Crippen LogP) is 3.91. The Labute approximate surface area is 180 Å². The van der Waals surface area contributed by atoms with Crippen molar-refractivity contribution in [2.24, 2.45) is 0 Å². The van der Waals surface area contributed by atoms with Crippen molar-refractivity contribution in [1.29, 1.82) is 0 Å². The first-order valence-corrected chi connectivity index (χ1v) is 12.0. The first kappa shape index (κ1) is 21.9. The fourth-order valence-electron chi connectivity index (χ4n) is 2.79. The molecular formula is C21H24N4O3S2. The summed E-state index contributed by atoms with van der Waals surface area (Å²) in [5.74, 6) is -0.490. The average molecular weight is 445 g/mol. The lowest BCUT2D eigenvalue weighted by Gasteiger charge is -2.24. The number of carbonyl (C=O) groups is 1. The Kier molecular flexibility index (Phi) is 6.23. The molecule has 2 aromatic carbocycles. The van der Waals surface area contributed by atoms with Crippen LogP contribution in [0, 0.1) is 0 Å². The molecule has 3 rings (SSSR count). The molecule has 1 N–H and O–H groups in total. The lowest BCUT2D eigenvalue weighted by atomic mass is 9.87. The first-order valence-electron chi connectivity index (χ1n) is 9.31. The van der Waals surface area contributed by atoms with E-state index in [2.05, 4.69) is 36.3 Å². The molecule has 0 aliphatic rings. The van der Waals surface area contributed by atoms with E-state index in [4.69, 9.17) is 0 Å². The molecular weight excluding hydrogens is 420 g/mol. The van der Waals surface area contributed by atoms with Crippen molar-refractivity contribution < 1.29 is 13.2 Å². The van der Waals surface area contributed by atoms with E-state index in [-0.39, 0.29) is 12.0 Å². The second-order valence-corrected chi connectivity index (χ2v) is 10.8. The van der Waals surface area contributed by atoms with Crippen LogP contribution in [0.4, 0.5) is 10.8 Å². The van der Waals surface area contributed by atoms with Crippen LogP contribution in [0.3, 0.4) is 0 Å². The Balaban J connectivity index is 1.75. The SMILES string of the molecule is CC(C)(C)c1ccc(N(CC(=O)Nc2nnc(-c3ccccc3)s2)S(C)(=O)=O)cc1. The summed E-state index contributed by atoms with van der Waals surface area (Å²) in [4.78, 5) is 12.5. The quantitative estimate of drug-likeness (QED) is 0.622. The fraction of sp³-hybridized carbons (Fsp3) is 0.286. The summed E-state index contributed by atoms with van der Waals surface area (Å²) in [6, 6.07) is 16.7. The van der Waals surface area contributed by atoms with Gasteiger partial charge in [0.05, 0.1) is 11.9 Å². The Bertz CT molecular complexity index is 1120. The number of aromatic nitrogens is 2. The molecule has 0 bridgehead atoms. The molecule has 0 spiro atoms. The minimum absolute atomic E-state index is 0.0554. The Morgan fingerprint density at radius 1 is 1.03 bits per heavy atom. The molecule has 0 aliphatic heterocycles. The molecule has 1 heterocycles. The van der Waals surface area contributed by atoms with Gasteiger partial charge in [-0.05, 0) is 23.1 Å². The molecule has 0 fully saturated rings. The van der Waals surface area contributed by atoms with Gasteiger partial charge in [0, 0.05) is 5.56 Å². The van der Waals surface area contributed by atoms with Gasteiger partial charge in [-0.2, -0.15) is 0 Å². The third-order valence-corrected chi connectivity index (χ3v) is 6.43. The van der Waals surface area contributed by atoms with Crippen LogP contribution in [0.2, 0.25) is 0 Å². The molecule has 7 nitrogen and oxygen atoms in total. The van der Waals surface area contributed by atoms with Crippen molar-refractivity contribution in [3.05, 3.63) is 60.2 Å². The van der Waals surface area contributed by atoms with Gasteiger partial charge in [-0.3, -0.25) is 14.4 Å². The van der Waals surface area contributed by atoms with E-state index in [0.29, 0.717) is 15.8 Å². The van der Waals surface area contributed by atoms with Crippen LogP contribution in [0.15, 0.2) is 54.6 Å². The molecule has 0 aliphatic carbocycles. The van der Waals surface area contributed by atoms with E-state index < -0.39 is 15.9 Å². The Morgan fingerprint density at radius 2 is 1.67 bits per heavy atom. The van der Waals surface area contributed by atoms with Gasteiger partial charge >= 0.3 is 0 Å². The third-order valence-electron chi connectivity index (χ3n) is 4.40. The van der Waals surface area contributed by atoms with E-state index in [1.165, 1.54) is 11.3 Å². The lowest BCUT2D eigenvalue weighted by Crippen LogP contribution is -2.37. The number of sulfonamides is 1. The van der Waals surface area contributed by atoms with Crippen molar-refractivity contribution in [3.63, 3.8) is 0 Å². The molecule has 9 heteroatoms. The van der Waals surface area contributed by atoms with E-state index in [1.54, 1.807) is 12.1 Å². The van der Waals surface area contributed by atoms with Crippen molar-refractivity contribution >= 4 is 38.1 Å². The molecule has 158 valence electrons. The van der Waals surface area contributed by atoms with Gasteiger partial charge < -0.3 is 0 Å². The molecule has 0 atom stereocenters. The number of benzene rings is 2. The van der Waals surface area contributed by atoms with Crippen LogP contribution in [0.25, 0.3) is 10.6 Å². The van der Waals surface area contributed by atoms with Crippen LogP contribution in [0.1, 0.15) is 26.3 Å². The standard InChI is InChI=1S/C21H24N4O3S2/c1-21(2,3)16-10-12-17(13-11-16)25(30(4,27)28)14-18(26)22-20-24-23-19(29-20)15-8-6-5-7-9-15/h5-13H,14H2,1-4H3,(H,22,24,26). The molecule has 1 aromatic heterocycles. The predicted molar refractivity (Wildman–Crippen MR) is 121 cm³/mol. The van der Waals surface area contributed by atoms with E-state index in [0.717, 1.165) is 21.7 Å². The monoisotopic (exact) mass is 444 g/mol. The average Bonchev–Trinajstić information content (AvgIpc) is 3.14. The maximum atomic E-state index is 12.5. The zero-order valence-electron chi connectivity index (χ0n) is 17.3. The summed E-state index contributed by atoms with van der Waals surface area (Å²) < 4.78 is 25.7. The molecule has 0 saturated carbocycles. The summed E-state index contributed by atoms with van der Waals surface area (Å²) in [6.45, 7) is 5.88. The topological polar surface area (TPSA) is 92.3 Å². The van der Waals surface area contributed by atoms with Gasteiger partial charge in [0.25, 0.3) is 0 Å². The number of amides is 1. The van der Waals surface area contributed by atoms with Gasteiger partial charge in [-0.15, -0.1) is 10.2 Å². The lowest BCUT2D eigenvalue weighted by molar-refractivity contribution is -0.114. The molecule has 1 amide bonds. The molecule has 0 radical (unpaired) electrons. The summed E-state index contributed by atoms with van der Waals surface area (Å²) >= 11 is 1.23. The number of rotatable bonds is 6. The van der Waals surface area contributed by atoms with Crippen LogP contribution in [-0.2, 0) is 20.2 Å². The van der Waals surface area contributed by atoms with Crippen molar-refractivity contribution in [2.75, 3.05) is 22.4 Å². The van der Waals surface area contributed by atoms with Crippen LogP contribution in [-0.4, -0.2) is 37.3 Å². The van der Waals surface area contributed by atoms with Gasteiger partial charge in [0.15, 0.2) is 0 Å². The van der Waals surface area contributed by atoms with Crippen molar-refractivity contribution in [3.8, 4) is 10.6 Å².